The van der Waals surface area contributed by atoms with E-state index in [1.807, 2.05) is 35.4 Å². The second-order valence-electron chi connectivity index (χ2n) is 3.46. The van der Waals surface area contributed by atoms with E-state index >= 15 is 0 Å². The van der Waals surface area contributed by atoms with Crippen molar-refractivity contribution in [3.63, 3.8) is 0 Å². The number of aromatic nitrogens is 1. The van der Waals surface area contributed by atoms with Crippen LogP contribution < -0.4 is 5.73 Å². The summed E-state index contributed by atoms with van der Waals surface area (Å²) >= 11 is 1.64. The standard InChI is InChI=1S/C12H11N3S/c1-9-7-15(16-9)8-12(14)11-4-2-10(6-13)3-5-11/h2-5,7-8H,14H2,1H3/b12-8-. The molecule has 0 aliphatic rings. The molecular weight excluding hydrogens is 218 g/mol. The third-order valence-electron chi connectivity index (χ3n) is 2.17. The molecule has 0 saturated carbocycles. The van der Waals surface area contributed by atoms with Gasteiger partial charge in [0.25, 0.3) is 0 Å². The maximum Gasteiger partial charge on any atom is 0.0991 e. The SMILES string of the molecule is Cc1cn(/C=C(\N)c2ccc(C#N)cc2)s1. The van der Waals surface area contributed by atoms with Gasteiger partial charge < -0.3 is 5.73 Å². The van der Waals surface area contributed by atoms with E-state index < -0.39 is 0 Å². The predicted octanol–water partition coefficient (Wildman–Crippen LogP) is 2.64. The van der Waals surface area contributed by atoms with E-state index in [1.165, 1.54) is 4.88 Å². The molecule has 0 amide bonds. The number of rotatable bonds is 2. The maximum atomic E-state index is 8.67. The molecule has 0 aliphatic carbocycles. The Morgan fingerprint density at radius 3 is 2.56 bits per heavy atom. The summed E-state index contributed by atoms with van der Waals surface area (Å²) in [5.74, 6) is 0. The first-order chi connectivity index (χ1) is 7.69. The van der Waals surface area contributed by atoms with Crippen LogP contribution in [0.4, 0.5) is 0 Å². The van der Waals surface area contributed by atoms with Crippen LogP contribution in [0.25, 0.3) is 11.9 Å². The van der Waals surface area contributed by atoms with E-state index in [1.54, 1.807) is 23.7 Å². The number of nitrogens with zero attached hydrogens (tertiary/aromatic N) is 2. The van der Waals surface area contributed by atoms with Gasteiger partial charge in [-0.25, -0.2) is 0 Å². The van der Waals surface area contributed by atoms with E-state index in [-0.39, 0.29) is 0 Å². The van der Waals surface area contributed by atoms with Crippen LogP contribution in [0.5, 0.6) is 0 Å². The number of hydrogen-bond donors (Lipinski definition) is 1. The quantitative estimate of drug-likeness (QED) is 0.860. The van der Waals surface area contributed by atoms with Crippen LogP contribution in [0.1, 0.15) is 16.0 Å². The number of nitriles is 1. The van der Waals surface area contributed by atoms with Crippen LogP contribution in [0, 0.1) is 18.3 Å². The Labute approximate surface area is 98.2 Å². The minimum atomic E-state index is 0.644. The molecule has 0 aliphatic heterocycles. The zero-order valence-electron chi connectivity index (χ0n) is 8.84. The average Bonchev–Trinajstić information content (AvgIpc) is 2.27. The predicted molar refractivity (Wildman–Crippen MR) is 66.6 cm³/mol. The second kappa shape index (κ2) is 4.25. The highest BCUT2D eigenvalue weighted by atomic mass is 32.1. The first kappa shape index (κ1) is 10.5. The lowest BCUT2D eigenvalue weighted by Gasteiger charge is -2.07. The van der Waals surface area contributed by atoms with Crippen molar-refractivity contribution in [3.05, 3.63) is 46.5 Å². The van der Waals surface area contributed by atoms with Crippen LogP contribution in [0.3, 0.4) is 0 Å². The summed E-state index contributed by atoms with van der Waals surface area (Å²) in [4.78, 5) is 1.27. The van der Waals surface area contributed by atoms with Gasteiger partial charge >= 0.3 is 0 Å². The van der Waals surface area contributed by atoms with E-state index in [9.17, 15) is 0 Å². The lowest BCUT2D eigenvalue weighted by Crippen LogP contribution is -2.00. The van der Waals surface area contributed by atoms with E-state index in [0.29, 0.717) is 11.3 Å². The normalized spacial score (nSPS) is 11.4. The Kier molecular flexibility index (Phi) is 2.80. The molecule has 4 heteroatoms. The first-order valence-electron chi connectivity index (χ1n) is 4.81. The van der Waals surface area contributed by atoms with Gasteiger partial charge in [-0.2, -0.15) is 5.26 Å². The van der Waals surface area contributed by atoms with Gasteiger partial charge in [-0.15, -0.1) is 0 Å². The molecule has 0 unspecified atom stereocenters. The Bertz CT molecular complexity index is 540. The molecule has 0 atom stereocenters. The molecule has 0 fully saturated rings. The van der Waals surface area contributed by atoms with Crippen molar-refractivity contribution in [2.45, 2.75) is 6.92 Å². The summed E-state index contributed by atoms with van der Waals surface area (Å²) in [5, 5.41) is 8.67. The molecule has 2 rings (SSSR count). The van der Waals surface area contributed by atoms with Crippen LogP contribution in [0.15, 0.2) is 30.5 Å². The van der Waals surface area contributed by atoms with Crippen molar-refractivity contribution in [2.75, 3.05) is 0 Å². The molecule has 1 aromatic heterocycles. The molecule has 0 radical (unpaired) electrons. The second-order valence-corrected chi connectivity index (χ2v) is 4.71. The van der Waals surface area contributed by atoms with Crippen LogP contribution in [-0.2, 0) is 0 Å². The van der Waals surface area contributed by atoms with Gasteiger partial charge in [0.05, 0.1) is 17.3 Å². The number of nitrogens with two attached hydrogens (primary N) is 1. The van der Waals surface area contributed by atoms with Gasteiger partial charge in [0.2, 0.25) is 0 Å². The minimum absolute atomic E-state index is 0.644. The number of hydrogen-bond acceptors (Lipinski definition) is 3. The average molecular weight is 229 g/mol. The molecule has 2 aromatic rings. The van der Waals surface area contributed by atoms with Crippen molar-refractivity contribution >= 4 is 23.4 Å². The van der Waals surface area contributed by atoms with Crippen molar-refractivity contribution in [2.24, 2.45) is 5.73 Å². The summed E-state index contributed by atoms with van der Waals surface area (Å²) in [6.07, 6.45) is 3.89. The van der Waals surface area contributed by atoms with Crippen LogP contribution in [-0.4, -0.2) is 3.96 Å². The van der Waals surface area contributed by atoms with E-state index in [2.05, 4.69) is 6.07 Å². The van der Waals surface area contributed by atoms with Crippen LogP contribution in [0.2, 0.25) is 0 Å². The molecule has 0 bridgehead atoms. The van der Waals surface area contributed by atoms with Gasteiger partial charge in [0.1, 0.15) is 0 Å². The van der Waals surface area contributed by atoms with E-state index in [4.69, 9.17) is 11.0 Å². The zero-order chi connectivity index (χ0) is 11.5. The molecule has 16 heavy (non-hydrogen) atoms. The fourth-order valence-electron chi connectivity index (χ4n) is 1.36. The molecular formula is C12H11N3S. The van der Waals surface area contributed by atoms with Crippen molar-refractivity contribution < 1.29 is 0 Å². The van der Waals surface area contributed by atoms with Gasteiger partial charge in [0, 0.05) is 17.3 Å². The smallest absolute Gasteiger partial charge is 0.0991 e. The summed E-state index contributed by atoms with van der Waals surface area (Å²) in [6, 6.07) is 9.31. The fraction of sp³-hybridized carbons (Fsp3) is 0.0833. The van der Waals surface area contributed by atoms with Gasteiger partial charge in [-0.3, -0.25) is 3.96 Å². The zero-order valence-corrected chi connectivity index (χ0v) is 9.66. The highest BCUT2D eigenvalue weighted by Gasteiger charge is 1.99. The summed E-state index contributed by atoms with van der Waals surface area (Å²) in [7, 11) is 0. The third-order valence-corrected chi connectivity index (χ3v) is 2.99. The van der Waals surface area contributed by atoms with Gasteiger partial charge in [-0.1, -0.05) is 23.7 Å². The number of benzene rings is 1. The molecule has 2 N–H and O–H groups in total. The molecule has 0 saturated heterocycles. The fourth-order valence-corrected chi connectivity index (χ4v) is 2.07. The van der Waals surface area contributed by atoms with Crippen LogP contribution >= 0.6 is 11.5 Å². The molecule has 1 aromatic carbocycles. The van der Waals surface area contributed by atoms with Crippen molar-refractivity contribution in [1.82, 2.24) is 3.96 Å². The monoisotopic (exact) mass is 229 g/mol. The third kappa shape index (κ3) is 2.15. The Morgan fingerprint density at radius 1 is 1.44 bits per heavy atom. The number of aryl methyl sites for hydroxylation is 1. The summed E-state index contributed by atoms with van der Waals surface area (Å²) in [5.41, 5.74) is 8.20. The summed E-state index contributed by atoms with van der Waals surface area (Å²) in [6.45, 7) is 2.05. The highest BCUT2D eigenvalue weighted by molar-refractivity contribution is 7.08. The lowest BCUT2D eigenvalue weighted by molar-refractivity contribution is 1.22. The Balaban J connectivity index is 2.22. The van der Waals surface area contributed by atoms with Gasteiger partial charge in [-0.05, 0) is 24.6 Å². The van der Waals surface area contributed by atoms with Crippen molar-refractivity contribution in [1.29, 1.82) is 5.26 Å². The Hall–Kier alpha value is -1.99. The maximum absolute atomic E-state index is 8.67. The van der Waals surface area contributed by atoms with Crippen molar-refractivity contribution in [3.8, 4) is 6.07 Å². The molecule has 3 nitrogen and oxygen atoms in total. The Morgan fingerprint density at radius 2 is 2.06 bits per heavy atom. The highest BCUT2D eigenvalue weighted by Crippen LogP contribution is 2.16. The largest absolute Gasteiger partial charge is 0.397 e. The topological polar surface area (TPSA) is 54.7 Å². The molecule has 80 valence electrons. The van der Waals surface area contributed by atoms with Gasteiger partial charge in [0.15, 0.2) is 0 Å². The van der Waals surface area contributed by atoms with E-state index in [0.717, 1.165) is 5.56 Å². The first-order valence-corrected chi connectivity index (χ1v) is 5.59. The lowest BCUT2D eigenvalue weighted by atomic mass is 10.1. The summed E-state index contributed by atoms with van der Waals surface area (Å²) < 4.78 is 1.96. The minimum Gasteiger partial charge on any atom is -0.397 e. The molecule has 0 spiro atoms. The molecule has 1 heterocycles.